The molecule has 0 aromatic carbocycles. The van der Waals surface area contributed by atoms with E-state index in [1.54, 1.807) is 0 Å². The highest BCUT2D eigenvalue weighted by atomic mass is 79.9. The first kappa shape index (κ1) is 13.5. The van der Waals surface area contributed by atoms with Gasteiger partial charge in [-0.3, -0.25) is 0 Å². The molecule has 7 heteroatoms. The average molecular weight is 368 g/mol. The zero-order chi connectivity index (χ0) is 11.5. The summed E-state index contributed by atoms with van der Waals surface area (Å²) >= 11 is 8.03. The van der Waals surface area contributed by atoms with Gasteiger partial charge in [-0.25, -0.2) is 0 Å². The van der Waals surface area contributed by atoms with Gasteiger partial charge >= 0.3 is 6.18 Å². The van der Waals surface area contributed by atoms with Gasteiger partial charge in [0.2, 0.25) is 0 Å². The number of rotatable bonds is 4. The summed E-state index contributed by atoms with van der Waals surface area (Å²) in [5, 5.41) is 1.86. The van der Waals surface area contributed by atoms with Crippen LogP contribution in [0.1, 0.15) is 9.70 Å². The van der Waals surface area contributed by atoms with Gasteiger partial charge < -0.3 is 4.74 Å². The minimum Gasteiger partial charge on any atom is -0.370 e. The SMILES string of the molecule is FC(F)(F)COCC(Br)c1sccc1Br. The average Bonchev–Trinajstić information content (AvgIpc) is 2.48. The maximum Gasteiger partial charge on any atom is 0.411 e. The third-order valence-electron chi connectivity index (χ3n) is 1.46. The van der Waals surface area contributed by atoms with Gasteiger partial charge in [-0.1, -0.05) is 15.9 Å². The number of hydrogen-bond acceptors (Lipinski definition) is 2. The first-order valence-electron chi connectivity index (χ1n) is 3.91. The Morgan fingerprint density at radius 1 is 1.47 bits per heavy atom. The van der Waals surface area contributed by atoms with Crippen LogP contribution in [-0.4, -0.2) is 19.4 Å². The monoisotopic (exact) mass is 366 g/mol. The minimum absolute atomic E-state index is 0.00137. The van der Waals surface area contributed by atoms with Crippen molar-refractivity contribution in [3.8, 4) is 0 Å². The van der Waals surface area contributed by atoms with Crippen molar-refractivity contribution >= 4 is 43.2 Å². The van der Waals surface area contributed by atoms with E-state index in [0.717, 1.165) is 9.35 Å². The summed E-state index contributed by atoms with van der Waals surface area (Å²) in [7, 11) is 0. The van der Waals surface area contributed by atoms with Crippen LogP contribution in [0.15, 0.2) is 15.9 Å². The first-order valence-corrected chi connectivity index (χ1v) is 6.50. The second-order valence-corrected chi connectivity index (χ2v) is 5.64. The lowest BCUT2D eigenvalue weighted by Crippen LogP contribution is -2.18. The maximum absolute atomic E-state index is 11.8. The quantitative estimate of drug-likeness (QED) is 0.710. The van der Waals surface area contributed by atoms with Gasteiger partial charge in [-0.2, -0.15) is 13.2 Å². The van der Waals surface area contributed by atoms with Gasteiger partial charge in [0.25, 0.3) is 0 Å². The zero-order valence-electron chi connectivity index (χ0n) is 7.35. The van der Waals surface area contributed by atoms with Crippen LogP contribution < -0.4 is 0 Å². The van der Waals surface area contributed by atoms with Crippen molar-refractivity contribution in [1.82, 2.24) is 0 Å². The fourth-order valence-corrected chi connectivity index (χ4v) is 3.56. The molecule has 1 rings (SSSR count). The largest absolute Gasteiger partial charge is 0.411 e. The summed E-state index contributed by atoms with van der Waals surface area (Å²) < 4.78 is 40.8. The van der Waals surface area contributed by atoms with Gasteiger partial charge in [0.15, 0.2) is 0 Å². The summed E-state index contributed by atoms with van der Waals surface area (Å²) in [5.74, 6) is 0. The lowest BCUT2D eigenvalue weighted by Gasteiger charge is -2.11. The second-order valence-electron chi connectivity index (χ2n) is 2.73. The molecule has 1 aromatic heterocycles. The molecule has 0 saturated carbocycles. The summed E-state index contributed by atoms with van der Waals surface area (Å²) in [6.07, 6.45) is -4.26. The number of halogens is 5. The normalized spacial score (nSPS) is 14.2. The molecule has 0 N–H and O–H groups in total. The summed E-state index contributed by atoms with van der Waals surface area (Å²) in [4.78, 5) is 0.714. The number of alkyl halides is 4. The Labute approximate surface area is 106 Å². The van der Waals surface area contributed by atoms with Crippen molar-refractivity contribution in [1.29, 1.82) is 0 Å². The highest BCUT2D eigenvalue weighted by Crippen LogP contribution is 2.34. The molecule has 86 valence electrons. The van der Waals surface area contributed by atoms with Crippen LogP contribution in [0.3, 0.4) is 0 Å². The van der Waals surface area contributed by atoms with Gasteiger partial charge in [-0.05, 0) is 27.4 Å². The van der Waals surface area contributed by atoms with Crippen molar-refractivity contribution < 1.29 is 17.9 Å². The van der Waals surface area contributed by atoms with Crippen LogP contribution in [-0.2, 0) is 4.74 Å². The Kier molecular flexibility index (Phi) is 5.08. The molecule has 0 bridgehead atoms. The molecule has 15 heavy (non-hydrogen) atoms. The lowest BCUT2D eigenvalue weighted by atomic mass is 10.3. The molecule has 0 aliphatic heterocycles. The Balaban J connectivity index is 2.37. The van der Waals surface area contributed by atoms with E-state index >= 15 is 0 Å². The van der Waals surface area contributed by atoms with Crippen LogP contribution in [0, 0.1) is 0 Å². The van der Waals surface area contributed by atoms with Crippen LogP contribution in [0.25, 0.3) is 0 Å². The minimum atomic E-state index is -4.26. The van der Waals surface area contributed by atoms with E-state index in [9.17, 15) is 13.2 Å². The van der Waals surface area contributed by atoms with Crippen molar-refractivity contribution in [2.24, 2.45) is 0 Å². The van der Waals surface area contributed by atoms with Crippen LogP contribution in [0.2, 0.25) is 0 Å². The van der Waals surface area contributed by atoms with Crippen LogP contribution in [0.5, 0.6) is 0 Å². The number of hydrogen-bond donors (Lipinski definition) is 0. The summed E-state index contributed by atoms with van der Waals surface area (Å²) in [6.45, 7) is -1.21. The van der Waals surface area contributed by atoms with E-state index in [2.05, 4.69) is 36.6 Å². The van der Waals surface area contributed by atoms with E-state index < -0.39 is 12.8 Å². The molecule has 1 heterocycles. The standard InChI is InChI=1S/C8H7Br2F3OS/c9-5-1-2-15-7(5)6(10)3-14-4-8(11,12)13/h1-2,6H,3-4H2. The van der Waals surface area contributed by atoms with E-state index in [1.165, 1.54) is 11.3 Å². The third-order valence-corrected chi connectivity index (χ3v) is 4.47. The van der Waals surface area contributed by atoms with E-state index in [0.29, 0.717) is 0 Å². The molecule has 1 unspecified atom stereocenters. The molecule has 1 atom stereocenters. The number of thiophene rings is 1. The lowest BCUT2D eigenvalue weighted by molar-refractivity contribution is -0.173. The Bertz CT molecular complexity index is 313. The molecule has 0 fully saturated rings. The van der Waals surface area contributed by atoms with Crippen LogP contribution in [0.4, 0.5) is 13.2 Å². The van der Waals surface area contributed by atoms with Crippen molar-refractivity contribution in [3.63, 3.8) is 0 Å². The summed E-state index contributed by atoms with van der Waals surface area (Å²) in [5.41, 5.74) is 0. The molecular weight excluding hydrogens is 361 g/mol. The van der Waals surface area contributed by atoms with E-state index in [-0.39, 0.29) is 11.4 Å². The second kappa shape index (κ2) is 5.65. The zero-order valence-corrected chi connectivity index (χ0v) is 11.3. The predicted molar refractivity (Wildman–Crippen MR) is 60.6 cm³/mol. The van der Waals surface area contributed by atoms with Crippen molar-refractivity contribution in [2.75, 3.05) is 13.2 Å². The fraction of sp³-hybridized carbons (Fsp3) is 0.500. The first-order chi connectivity index (χ1) is 6.90. The predicted octanol–water partition coefficient (Wildman–Crippen LogP) is 4.53. The Morgan fingerprint density at radius 2 is 2.13 bits per heavy atom. The summed E-state index contributed by atoms with van der Waals surface area (Å²) in [6, 6.07) is 1.85. The van der Waals surface area contributed by atoms with Crippen molar-refractivity contribution in [3.05, 3.63) is 20.8 Å². The molecule has 0 aliphatic carbocycles. The molecule has 0 spiro atoms. The third kappa shape index (κ3) is 4.84. The highest BCUT2D eigenvalue weighted by molar-refractivity contribution is 9.11. The number of ether oxygens (including phenoxy) is 1. The Morgan fingerprint density at radius 3 is 2.60 bits per heavy atom. The highest BCUT2D eigenvalue weighted by Gasteiger charge is 2.28. The fourth-order valence-electron chi connectivity index (χ4n) is 0.883. The van der Waals surface area contributed by atoms with Crippen LogP contribution >= 0.6 is 43.2 Å². The van der Waals surface area contributed by atoms with Gasteiger partial charge in [0.1, 0.15) is 6.61 Å². The molecule has 0 saturated heterocycles. The smallest absolute Gasteiger partial charge is 0.370 e. The van der Waals surface area contributed by atoms with E-state index in [4.69, 9.17) is 0 Å². The molecule has 1 aromatic rings. The molecular formula is C8H7Br2F3OS. The molecule has 0 amide bonds. The van der Waals surface area contributed by atoms with Crippen molar-refractivity contribution in [2.45, 2.75) is 11.0 Å². The molecule has 0 radical (unpaired) electrons. The van der Waals surface area contributed by atoms with E-state index in [1.807, 2.05) is 11.4 Å². The maximum atomic E-state index is 11.8. The van der Waals surface area contributed by atoms with Gasteiger partial charge in [0.05, 0.1) is 11.4 Å². The Hall–Kier alpha value is 0.410. The molecule has 0 aliphatic rings. The van der Waals surface area contributed by atoms with Gasteiger partial charge in [0, 0.05) is 9.35 Å². The topological polar surface area (TPSA) is 9.23 Å². The molecule has 1 nitrogen and oxygen atoms in total. The van der Waals surface area contributed by atoms with Gasteiger partial charge in [-0.15, -0.1) is 11.3 Å².